The summed E-state index contributed by atoms with van der Waals surface area (Å²) in [6.45, 7) is 1.76. The van der Waals surface area contributed by atoms with Gasteiger partial charge in [0.1, 0.15) is 5.76 Å². The Labute approximate surface area is 202 Å². The van der Waals surface area contributed by atoms with Crippen molar-refractivity contribution in [2.45, 2.75) is 26.2 Å². The zero-order valence-corrected chi connectivity index (χ0v) is 19.6. The number of non-ortho nitro benzene ring substituents is 1. The summed E-state index contributed by atoms with van der Waals surface area (Å²) in [5.41, 5.74) is 10.8. The lowest BCUT2D eigenvalue weighted by Gasteiger charge is -2.13. The molecule has 2 aromatic carbocycles. The zero-order valence-electron chi connectivity index (χ0n) is 18.1. The van der Waals surface area contributed by atoms with E-state index in [4.69, 9.17) is 4.42 Å². The average Bonchev–Trinajstić information content (AvgIpc) is 3.18. The lowest BCUT2D eigenvalue weighted by Crippen LogP contribution is -2.41. The molecule has 0 radical (unpaired) electrons. The number of carbonyl (C=O) groups excluding carboxylic acids is 2. The summed E-state index contributed by atoms with van der Waals surface area (Å²) in [6.07, 6.45) is 2.12. The highest BCUT2D eigenvalue weighted by Gasteiger charge is 2.28. The number of benzene rings is 2. The summed E-state index contributed by atoms with van der Waals surface area (Å²) in [4.78, 5) is 35.4. The van der Waals surface area contributed by atoms with E-state index < -0.39 is 16.7 Å². The van der Waals surface area contributed by atoms with E-state index in [1.807, 2.05) is 0 Å². The van der Waals surface area contributed by atoms with Crippen molar-refractivity contribution in [2.24, 2.45) is 5.10 Å². The molecule has 1 heterocycles. The summed E-state index contributed by atoms with van der Waals surface area (Å²) in [5, 5.41) is 15.3. The van der Waals surface area contributed by atoms with Crippen LogP contribution in [0.3, 0.4) is 0 Å². The van der Waals surface area contributed by atoms with Crippen LogP contribution in [0.1, 0.15) is 50.6 Å². The van der Waals surface area contributed by atoms with E-state index in [2.05, 4.69) is 37.3 Å². The van der Waals surface area contributed by atoms with Gasteiger partial charge in [-0.25, -0.2) is 0 Å². The molecule has 1 aliphatic carbocycles. The number of hydrogen-bond donors (Lipinski definition) is 3. The van der Waals surface area contributed by atoms with Gasteiger partial charge >= 0.3 is 5.91 Å². The van der Waals surface area contributed by atoms with E-state index in [0.29, 0.717) is 39.9 Å². The van der Waals surface area contributed by atoms with E-state index in [9.17, 15) is 19.7 Å². The van der Waals surface area contributed by atoms with E-state index >= 15 is 0 Å². The maximum absolute atomic E-state index is 12.7. The number of nitrogens with zero attached hydrogens (tertiary/aromatic N) is 2. The molecule has 0 unspecified atom stereocenters. The molecule has 174 valence electrons. The van der Waals surface area contributed by atoms with Gasteiger partial charge in [-0.1, -0.05) is 12.1 Å². The van der Waals surface area contributed by atoms with Crippen LogP contribution in [-0.4, -0.2) is 22.4 Å². The van der Waals surface area contributed by atoms with Crippen molar-refractivity contribution in [1.82, 2.24) is 10.9 Å². The molecule has 10 nitrogen and oxygen atoms in total. The second kappa shape index (κ2) is 9.87. The zero-order chi connectivity index (χ0) is 24.2. The standard InChI is InChI=1S/C23H20BrN5O5/c1-13-20-18(26-25-14-9-11-15(12-10-14)29(32)33)7-4-8-19(20)34-21(13)23(31)28-27-22(30)16-5-2-3-6-17(16)24/h2-3,5-6,9-12,25H,4,7-8H2,1H3,(H,27,30)(H,28,31)/b26-18+. The van der Waals surface area contributed by atoms with Crippen LogP contribution in [0.25, 0.3) is 0 Å². The Bertz CT molecular complexity index is 1300. The van der Waals surface area contributed by atoms with Crippen molar-refractivity contribution >= 4 is 44.8 Å². The minimum Gasteiger partial charge on any atom is -0.455 e. The first-order valence-corrected chi connectivity index (χ1v) is 11.2. The molecule has 3 aromatic rings. The number of hydrazone groups is 1. The molecule has 2 amide bonds. The first-order valence-electron chi connectivity index (χ1n) is 10.4. The highest BCUT2D eigenvalue weighted by molar-refractivity contribution is 9.10. The minimum atomic E-state index is -0.574. The van der Waals surface area contributed by atoms with Gasteiger partial charge in [0.15, 0.2) is 5.76 Å². The summed E-state index contributed by atoms with van der Waals surface area (Å²) >= 11 is 3.31. The van der Waals surface area contributed by atoms with E-state index in [0.717, 1.165) is 17.7 Å². The van der Waals surface area contributed by atoms with Gasteiger partial charge in [-0.2, -0.15) is 5.10 Å². The molecule has 0 saturated heterocycles. The molecule has 0 bridgehead atoms. The predicted octanol–water partition coefficient (Wildman–Crippen LogP) is 4.49. The maximum Gasteiger partial charge on any atom is 0.305 e. The molecule has 4 rings (SSSR count). The first kappa shape index (κ1) is 23.2. The fraction of sp³-hybridized carbons (Fsp3) is 0.174. The number of nitrogens with one attached hydrogen (secondary N) is 3. The summed E-state index contributed by atoms with van der Waals surface area (Å²) < 4.78 is 6.43. The van der Waals surface area contributed by atoms with Gasteiger partial charge in [0.2, 0.25) is 0 Å². The Morgan fingerprint density at radius 3 is 2.47 bits per heavy atom. The van der Waals surface area contributed by atoms with Gasteiger partial charge < -0.3 is 4.42 Å². The third-order valence-electron chi connectivity index (χ3n) is 5.34. The van der Waals surface area contributed by atoms with Crippen molar-refractivity contribution in [3.05, 3.63) is 91.3 Å². The number of amides is 2. The van der Waals surface area contributed by atoms with Crippen molar-refractivity contribution < 1.29 is 18.9 Å². The van der Waals surface area contributed by atoms with Crippen molar-refractivity contribution in [3.63, 3.8) is 0 Å². The number of nitro groups is 1. The van der Waals surface area contributed by atoms with Gasteiger partial charge in [0.25, 0.3) is 11.6 Å². The topological polar surface area (TPSA) is 139 Å². The molecule has 3 N–H and O–H groups in total. The number of furan rings is 1. The normalized spacial score (nSPS) is 13.8. The molecule has 34 heavy (non-hydrogen) atoms. The number of nitro benzene ring substituents is 1. The number of aryl methyl sites for hydroxylation is 1. The Morgan fingerprint density at radius 1 is 1.06 bits per heavy atom. The van der Waals surface area contributed by atoms with Crippen molar-refractivity contribution in [3.8, 4) is 0 Å². The average molecular weight is 526 g/mol. The molecule has 0 atom stereocenters. The molecule has 1 aromatic heterocycles. The number of halogens is 1. The molecule has 0 fully saturated rings. The SMILES string of the molecule is Cc1c(C(=O)NNC(=O)c2ccccc2Br)oc2c1/C(=N/Nc1ccc([N+](=O)[O-])cc1)CCC2. The number of hydrazine groups is 1. The van der Waals surface area contributed by atoms with Crippen LogP contribution in [0.15, 0.2) is 62.5 Å². The lowest BCUT2D eigenvalue weighted by molar-refractivity contribution is -0.384. The Balaban J connectivity index is 1.49. The third-order valence-corrected chi connectivity index (χ3v) is 6.03. The number of anilines is 1. The van der Waals surface area contributed by atoms with Crippen LogP contribution < -0.4 is 16.3 Å². The fourth-order valence-electron chi connectivity index (χ4n) is 3.67. The molecule has 11 heteroatoms. The third kappa shape index (κ3) is 4.84. The van der Waals surface area contributed by atoms with Crippen molar-refractivity contribution in [2.75, 3.05) is 5.43 Å². The van der Waals surface area contributed by atoms with Gasteiger partial charge in [-0.05, 0) is 60.0 Å². The van der Waals surface area contributed by atoms with Crippen LogP contribution in [0.4, 0.5) is 11.4 Å². The van der Waals surface area contributed by atoms with Crippen LogP contribution in [0, 0.1) is 17.0 Å². The minimum absolute atomic E-state index is 0.00815. The van der Waals surface area contributed by atoms with E-state index in [1.165, 1.54) is 12.1 Å². The molecule has 0 saturated carbocycles. The highest BCUT2D eigenvalue weighted by atomic mass is 79.9. The Hall–Kier alpha value is -3.99. The molecule has 0 spiro atoms. The molecular formula is C23H20BrN5O5. The van der Waals surface area contributed by atoms with Crippen LogP contribution in [0.2, 0.25) is 0 Å². The summed E-state index contributed by atoms with van der Waals surface area (Å²) in [5.74, 6) is -0.294. The highest BCUT2D eigenvalue weighted by Crippen LogP contribution is 2.30. The monoisotopic (exact) mass is 525 g/mol. The molecule has 0 aliphatic heterocycles. The summed E-state index contributed by atoms with van der Waals surface area (Å²) in [7, 11) is 0. The van der Waals surface area contributed by atoms with Gasteiger partial charge in [-0.3, -0.25) is 36.0 Å². The molecular weight excluding hydrogens is 506 g/mol. The number of fused-ring (bicyclic) bond motifs is 1. The van der Waals surface area contributed by atoms with E-state index in [-0.39, 0.29) is 11.4 Å². The van der Waals surface area contributed by atoms with Crippen LogP contribution in [-0.2, 0) is 6.42 Å². The van der Waals surface area contributed by atoms with Gasteiger partial charge in [-0.15, -0.1) is 0 Å². The number of rotatable bonds is 5. The van der Waals surface area contributed by atoms with Crippen LogP contribution >= 0.6 is 15.9 Å². The number of carbonyl (C=O) groups is 2. The smallest absolute Gasteiger partial charge is 0.305 e. The van der Waals surface area contributed by atoms with Crippen molar-refractivity contribution in [1.29, 1.82) is 0 Å². The van der Waals surface area contributed by atoms with Gasteiger partial charge in [0.05, 0.1) is 21.9 Å². The van der Waals surface area contributed by atoms with Gasteiger partial charge in [0, 0.05) is 34.2 Å². The van der Waals surface area contributed by atoms with E-state index in [1.54, 1.807) is 43.3 Å². The molecule has 1 aliphatic rings. The number of hydrogen-bond acceptors (Lipinski definition) is 7. The Kier molecular flexibility index (Phi) is 6.73. The predicted molar refractivity (Wildman–Crippen MR) is 129 cm³/mol. The lowest BCUT2D eigenvalue weighted by atomic mass is 9.93. The first-order chi connectivity index (χ1) is 16.3. The maximum atomic E-state index is 12.7. The Morgan fingerprint density at radius 2 is 1.76 bits per heavy atom. The fourth-order valence-corrected chi connectivity index (χ4v) is 4.13. The quantitative estimate of drug-likeness (QED) is 0.331. The largest absolute Gasteiger partial charge is 0.455 e. The second-order valence-electron chi connectivity index (χ2n) is 7.57. The van der Waals surface area contributed by atoms with Crippen LogP contribution in [0.5, 0.6) is 0 Å². The second-order valence-corrected chi connectivity index (χ2v) is 8.42. The summed E-state index contributed by atoms with van der Waals surface area (Å²) in [6, 6.07) is 12.8.